The molecule has 0 atom stereocenters. The number of rotatable bonds is 5. The largest absolute Gasteiger partial charge is 0.397 e. The number of nitrogens with one attached hydrogen (secondary N) is 1. The molecule has 6 nitrogen and oxygen atoms in total. The second-order valence-corrected chi connectivity index (χ2v) is 5.42. The van der Waals surface area contributed by atoms with Gasteiger partial charge in [0.2, 0.25) is 0 Å². The lowest BCUT2D eigenvalue weighted by Crippen LogP contribution is -2.22. The van der Waals surface area contributed by atoms with E-state index in [-0.39, 0.29) is 17.9 Å². The van der Waals surface area contributed by atoms with Gasteiger partial charge in [0.15, 0.2) is 0 Å². The fourth-order valence-electron chi connectivity index (χ4n) is 2.43. The van der Waals surface area contributed by atoms with Crippen LogP contribution >= 0.6 is 0 Å². The highest BCUT2D eigenvalue weighted by Crippen LogP contribution is 2.20. The van der Waals surface area contributed by atoms with Crippen molar-refractivity contribution in [2.24, 2.45) is 5.10 Å². The normalized spacial score (nSPS) is 10.4. The topological polar surface area (TPSA) is 85.3 Å². The Morgan fingerprint density at radius 1 is 1.20 bits per heavy atom. The van der Waals surface area contributed by atoms with Gasteiger partial charge in [-0.3, -0.25) is 10.2 Å². The van der Waals surface area contributed by atoms with Crippen molar-refractivity contribution < 1.29 is 4.39 Å². The Bertz CT molecular complexity index is 983. The number of hydrogen-bond acceptors (Lipinski definition) is 5. The van der Waals surface area contributed by atoms with Crippen molar-refractivity contribution in [3.8, 4) is 11.3 Å². The summed E-state index contributed by atoms with van der Waals surface area (Å²) in [5, 5.41) is 7.89. The third-order valence-corrected chi connectivity index (χ3v) is 3.63. The second kappa shape index (κ2) is 6.96. The molecule has 1 heterocycles. The average molecular weight is 337 g/mol. The minimum absolute atomic E-state index is 0.244. The third-order valence-electron chi connectivity index (χ3n) is 3.63. The van der Waals surface area contributed by atoms with Gasteiger partial charge in [0, 0.05) is 18.3 Å². The highest BCUT2D eigenvalue weighted by Gasteiger charge is 2.07. The van der Waals surface area contributed by atoms with Crippen LogP contribution in [0.5, 0.6) is 0 Å². The molecule has 7 heteroatoms. The Labute approximate surface area is 143 Å². The Morgan fingerprint density at radius 3 is 2.76 bits per heavy atom. The van der Waals surface area contributed by atoms with Crippen LogP contribution in [0.3, 0.4) is 0 Å². The minimum atomic E-state index is -0.358. The van der Waals surface area contributed by atoms with E-state index in [2.05, 4.69) is 22.3 Å². The van der Waals surface area contributed by atoms with Crippen molar-refractivity contribution in [1.82, 2.24) is 9.78 Å². The summed E-state index contributed by atoms with van der Waals surface area (Å²) in [6.07, 6.45) is 0. The first-order valence-corrected chi connectivity index (χ1v) is 7.51. The van der Waals surface area contributed by atoms with E-state index < -0.39 is 0 Å². The van der Waals surface area contributed by atoms with Gasteiger partial charge >= 0.3 is 0 Å². The number of benzene rings is 2. The van der Waals surface area contributed by atoms with Gasteiger partial charge in [-0.1, -0.05) is 18.2 Å². The summed E-state index contributed by atoms with van der Waals surface area (Å²) in [7, 11) is 0. The molecule has 0 aliphatic carbocycles. The van der Waals surface area contributed by atoms with Gasteiger partial charge in [-0.15, -0.1) is 0 Å². The van der Waals surface area contributed by atoms with E-state index in [0.29, 0.717) is 22.6 Å². The summed E-state index contributed by atoms with van der Waals surface area (Å²) in [5.74, 6) is -0.358. The molecule has 126 valence electrons. The molecule has 2 aromatic carbocycles. The highest BCUT2D eigenvalue weighted by molar-refractivity contribution is 5.67. The SMILES string of the molecule is C=NNc1ccc(Cn2nc(-c3cccc(F)c3)ccc2=O)cc1N. The molecule has 0 aliphatic heterocycles. The number of aromatic nitrogens is 2. The molecular weight excluding hydrogens is 321 g/mol. The monoisotopic (exact) mass is 337 g/mol. The van der Waals surface area contributed by atoms with E-state index in [9.17, 15) is 9.18 Å². The molecule has 3 N–H and O–H groups in total. The minimum Gasteiger partial charge on any atom is -0.397 e. The van der Waals surface area contributed by atoms with E-state index in [4.69, 9.17) is 5.73 Å². The highest BCUT2D eigenvalue weighted by atomic mass is 19.1. The van der Waals surface area contributed by atoms with Crippen molar-refractivity contribution in [2.75, 3.05) is 11.2 Å². The molecule has 1 aromatic heterocycles. The first kappa shape index (κ1) is 16.4. The first-order chi connectivity index (χ1) is 12.1. The van der Waals surface area contributed by atoms with E-state index in [1.807, 2.05) is 6.07 Å². The third kappa shape index (κ3) is 3.72. The fraction of sp³-hybridized carbons (Fsp3) is 0.0556. The number of nitrogens with two attached hydrogens (primary N) is 1. The molecule has 0 amide bonds. The molecule has 0 saturated carbocycles. The quantitative estimate of drug-likeness (QED) is 0.426. The van der Waals surface area contributed by atoms with Crippen LogP contribution in [-0.4, -0.2) is 16.5 Å². The summed E-state index contributed by atoms with van der Waals surface area (Å²) in [4.78, 5) is 12.1. The summed E-state index contributed by atoms with van der Waals surface area (Å²) in [6, 6.07) is 14.3. The first-order valence-electron chi connectivity index (χ1n) is 7.51. The Balaban J connectivity index is 1.92. The van der Waals surface area contributed by atoms with E-state index >= 15 is 0 Å². The molecule has 0 saturated heterocycles. The Hall–Kier alpha value is -3.48. The van der Waals surface area contributed by atoms with Gasteiger partial charge < -0.3 is 5.73 Å². The Kier molecular flexibility index (Phi) is 4.56. The number of hydrogen-bond donors (Lipinski definition) is 2. The molecule has 0 bridgehead atoms. The van der Waals surface area contributed by atoms with Crippen LogP contribution in [-0.2, 0) is 6.54 Å². The zero-order valence-electron chi connectivity index (χ0n) is 13.3. The number of anilines is 2. The zero-order chi connectivity index (χ0) is 17.8. The molecule has 0 aliphatic rings. The number of halogens is 1. The molecule has 0 spiro atoms. The van der Waals surface area contributed by atoms with Crippen molar-refractivity contribution in [3.05, 3.63) is 76.3 Å². The van der Waals surface area contributed by atoms with Crippen molar-refractivity contribution in [3.63, 3.8) is 0 Å². The smallest absolute Gasteiger partial charge is 0.267 e. The van der Waals surface area contributed by atoms with E-state index in [0.717, 1.165) is 5.56 Å². The van der Waals surface area contributed by atoms with Crippen molar-refractivity contribution in [2.45, 2.75) is 6.54 Å². The lowest BCUT2D eigenvalue weighted by molar-refractivity contribution is 0.626. The van der Waals surface area contributed by atoms with Gasteiger partial charge in [0.1, 0.15) is 5.82 Å². The van der Waals surface area contributed by atoms with Crippen LogP contribution in [0.2, 0.25) is 0 Å². The van der Waals surface area contributed by atoms with Crippen molar-refractivity contribution in [1.29, 1.82) is 0 Å². The fourth-order valence-corrected chi connectivity index (χ4v) is 2.43. The predicted octanol–water partition coefficient (Wildman–Crippen LogP) is 2.71. The van der Waals surface area contributed by atoms with Gasteiger partial charge in [0.25, 0.3) is 5.56 Å². The zero-order valence-corrected chi connectivity index (χ0v) is 13.3. The molecule has 0 fully saturated rings. The number of hydrazone groups is 1. The summed E-state index contributed by atoms with van der Waals surface area (Å²) in [6.45, 7) is 3.59. The van der Waals surface area contributed by atoms with Crippen LogP contribution < -0.4 is 16.7 Å². The standard InChI is InChI=1S/C18H16FN5O/c1-21-22-17-6-5-12(9-15(17)20)11-24-18(25)8-7-16(23-24)13-3-2-4-14(19)10-13/h2-10,22H,1,11,20H2. The molecule has 3 aromatic rings. The van der Waals surface area contributed by atoms with E-state index in [1.165, 1.54) is 22.9 Å². The molecule has 0 radical (unpaired) electrons. The maximum absolute atomic E-state index is 13.4. The van der Waals surface area contributed by atoms with Gasteiger partial charge in [-0.2, -0.15) is 10.2 Å². The van der Waals surface area contributed by atoms with Crippen molar-refractivity contribution >= 4 is 18.1 Å². The molecule has 0 unspecified atom stereocenters. The lowest BCUT2D eigenvalue weighted by Gasteiger charge is -2.10. The Morgan fingerprint density at radius 2 is 2.04 bits per heavy atom. The molecule has 3 rings (SSSR count). The predicted molar refractivity (Wildman–Crippen MR) is 97.0 cm³/mol. The van der Waals surface area contributed by atoms with Gasteiger partial charge in [-0.05, 0) is 35.9 Å². The maximum Gasteiger partial charge on any atom is 0.267 e. The summed E-state index contributed by atoms with van der Waals surface area (Å²) in [5.41, 5.74) is 11.4. The number of nitrogens with zero attached hydrogens (tertiary/aromatic N) is 3. The van der Waals surface area contributed by atoms with E-state index in [1.54, 1.807) is 30.3 Å². The molecule has 25 heavy (non-hydrogen) atoms. The van der Waals surface area contributed by atoms with Gasteiger partial charge in [0.05, 0.1) is 23.6 Å². The second-order valence-electron chi connectivity index (χ2n) is 5.42. The summed E-state index contributed by atoms with van der Waals surface area (Å²) >= 11 is 0. The van der Waals surface area contributed by atoms with Crippen LogP contribution in [0.1, 0.15) is 5.56 Å². The van der Waals surface area contributed by atoms with Crippen LogP contribution in [0.25, 0.3) is 11.3 Å². The van der Waals surface area contributed by atoms with Crippen LogP contribution in [0, 0.1) is 5.82 Å². The van der Waals surface area contributed by atoms with Crippen LogP contribution in [0.4, 0.5) is 15.8 Å². The van der Waals surface area contributed by atoms with Gasteiger partial charge in [-0.25, -0.2) is 9.07 Å². The number of nitrogen functional groups attached to an aromatic ring is 1. The van der Waals surface area contributed by atoms with Crippen LogP contribution in [0.15, 0.2) is 64.5 Å². The average Bonchev–Trinajstić information content (AvgIpc) is 2.59. The lowest BCUT2D eigenvalue weighted by atomic mass is 10.1. The summed E-state index contributed by atoms with van der Waals surface area (Å²) < 4.78 is 14.7. The molecular formula is C18H16FN5O. The maximum atomic E-state index is 13.4.